The Morgan fingerprint density at radius 3 is 2.58 bits per heavy atom. The summed E-state index contributed by atoms with van der Waals surface area (Å²) in [6.45, 7) is 0.980. The number of piperidine rings is 1. The van der Waals surface area contributed by atoms with Gasteiger partial charge in [0.1, 0.15) is 11.5 Å². The van der Waals surface area contributed by atoms with Gasteiger partial charge in [0, 0.05) is 32.0 Å². The summed E-state index contributed by atoms with van der Waals surface area (Å²) in [5, 5.41) is 21.7. The maximum absolute atomic E-state index is 12.2. The van der Waals surface area contributed by atoms with Gasteiger partial charge < -0.3 is 20.0 Å². The van der Waals surface area contributed by atoms with Crippen molar-refractivity contribution in [2.24, 2.45) is 5.16 Å². The first-order valence-electron chi connectivity index (χ1n) is 6.01. The van der Waals surface area contributed by atoms with Gasteiger partial charge in [0.2, 0.25) is 0 Å². The number of methoxy groups -OCH3 is 1. The lowest BCUT2D eigenvalue weighted by molar-refractivity contribution is 0.0750. The van der Waals surface area contributed by atoms with Gasteiger partial charge in [0.25, 0.3) is 5.91 Å². The van der Waals surface area contributed by atoms with Crippen LogP contribution in [0.4, 0.5) is 0 Å². The average molecular weight is 264 g/mol. The van der Waals surface area contributed by atoms with Gasteiger partial charge in [0.15, 0.2) is 0 Å². The van der Waals surface area contributed by atoms with E-state index < -0.39 is 0 Å². The van der Waals surface area contributed by atoms with E-state index in [0.29, 0.717) is 37.4 Å². The molecule has 0 aromatic heterocycles. The largest absolute Gasteiger partial charge is 0.507 e. The molecule has 1 fully saturated rings. The molecule has 1 aliphatic rings. The quantitative estimate of drug-likeness (QED) is 0.626. The number of oxime groups is 1. The van der Waals surface area contributed by atoms with E-state index in [2.05, 4.69) is 5.16 Å². The van der Waals surface area contributed by atoms with Crippen molar-refractivity contribution in [1.29, 1.82) is 0 Å². The lowest BCUT2D eigenvalue weighted by atomic mass is 10.1. The van der Waals surface area contributed by atoms with Crippen molar-refractivity contribution >= 4 is 11.6 Å². The van der Waals surface area contributed by atoms with Crippen molar-refractivity contribution in [3.8, 4) is 11.5 Å². The van der Waals surface area contributed by atoms with Crippen molar-refractivity contribution < 1.29 is 19.8 Å². The molecule has 1 aliphatic heterocycles. The number of phenols is 1. The van der Waals surface area contributed by atoms with Crippen LogP contribution in [0.5, 0.6) is 11.5 Å². The Morgan fingerprint density at radius 2 is 2.05 bits per heavy atom. The first-order valence-corrected chi connectivity index (χ1v) is 6.01. The Labute approximate surface area is 110 Å². The monoisotopic (exact) mass is 264 g/mol. The second kappa shape index (κ2) is 5.60. The molecule has 0 saturated carbocycles. The third-order valence-electron chi connectivity index (χ3n) is 3.20. The van der Waals surface area contributed by atoms with Gasteiger partial charge in [-0.05, 0) is 12.1 Å². The van der Waals surface area contributed by atoms with Crippen LogP contribution >= 0.6 is 0 Å². The van der Waals surface area contributed by atoms with E-state index >= 15 is 0 Å². The normalized spacial score (nSPS) is 15.2. The Kier molecular flexibility index (Phi) is 3.89. The summed E-state index contributed by atoms with van der Waals surface area (Å²) >= 11 is 0. The Morgan fingerprint density at radius 1 is 1.37 bits per heavy atom. The third-order valence-corrected chi connectivity index (χ3v) is 3.20. The molecule has 0 aliphatic carbocycles. The van der Waals surface area contributed by atoms with Crippen LogP contribution in [-0.4, -0.2) is 47.0 Å². The first-order chi connectivity index (χ1) is 9.15. The van der Waals surface area contributed by atoms with E-state index in [-0.39, 0.29) is 17.2 Å². The minimum Gasteiger partial charge on any atom is -0.507 e. The molecule has 19 heavy (non-hydrogen) atoms. The molecular weight excluding hydrogens is 248 g/mol. The van der Waals surface area contributed by atoms with Crippen LogP contribution in [0.2, 0.25) is 0 Å². The standard InChI is InChI=1S/C13H16N2O4/c1-19-10-2-3-11(12(16)8-10)13(17)15-6-4-9(14-18)5-7-15/h2-3,8,16,18H,4-7H2,1H3. The van der Waals surface area contributed by atoms with Crippen LogP contribution in [-0.2, 0) is 0 Å². The van der Waals surface area contributed by atoms with E-state index in [1.165, 1.54) is 13.2 Å². The molecule has 1 heterocycles. The van der Waals surface area contributed by atoms with Crippen molar-refractivity contribution in [1.82, 2.24) is 4.90 Å². The molecule has 6 heteroatoms. The second-order valence-electron chi connectivity index (χ2n) is 4.34. The molecule has 1 aromatic rings. The van der Waals surface area contributed by atoms with Gasteiger partial charge in [-0.15, -0.1) is 0 Å². The maximum Gasteiger partial charge on any atom is 0.257 e. The molecule has 1 amide bonds. The lowest BCUT2D eigenvalue weighted by Crippen LogP contribution is -2.38. The topological polar surface area (TPSA) is 82.4 Å². The summed E-state index contributed by atoms with van der Waals surface area (Å²) in [7, 11) is 1.50. The van der Waals surface area contributed by atoms with Gasteiger partial charge in [0.05, 0.1) is 18.4 Å². The summed E-state index contributed by atoms with van der Waals surface area (Å²) in [6.07, 6.45) is 1.11. The van der Waals surface area contributed by atoms with Crippen LogP contribution in [0, 0.1) is 0 Å². The summed E-state index contributed by atoms with van der Waals surface area (Å²) < 4.78 is 4.98. The minimum atomic E-state index is -0.225. The molecule has 1 saturated heterocycles. The highest BCUT2D eigenvalue weighted by Gasteiger charge is 2.23. The van der Waals surface area contributed by atoms with Gasteiger partial charge in [-0.25, -0.2) is 0 Å². The molecule has 0 bridgehead atoms. The summed E-state index contributed by atoms with van der Waals surface area (Å²) in [4.78, 5) is 13.9. The molecule has 102 valence electrons. The van der Waals surface area contributed by atoms with Gasteiger partial charge >= 0.3 is 0 Å². The number of hydrogen-bond acceptors (Lipinski definition) is 5. The van der Waals surface area contributed by atoms with Crippen molar-refractivity contribution in [2.45, 2.75) is 12.8 Å². The molecular formula is C13H16N2O4. The fraction of sp³-hybridized carbons (Fsp3) is 0.385. The smallest absolute Gasteiger partial charge is 0.257 e. The SMILES string of the molecule is COc1ccc(C(=O)N2CCC(=NO)CC2)c(O)c1. The van der Waals surface area contributed by atoms with Crippen molar-refractivity contribution in [3.63, 3.8) is 0 Å². The molecule has 0 unspecified atom stereocenters. The van der Waals surface area contributed by atoms with E-state index in [1.807, 2.05) is 0 Å². The molecule has 0 radical (unpaired) electrons. The van der Waals surface area contributed by atoms with E-state index in [1.54, 1.807) is 17.0 Å². The predicted molar refractivity (Wildman–Crippen MR) is 69.0 cm³/mol. The van der Waals surface area contributed by atoms with Crippen LogP contribution in [0.3, 0.4) is 0 Å². The molecule has 1 aromatic carbocycles. The van der Waals surface area contributed by atoms with E-state index in [0.717, 1.165) is 0 Å². The zero-order valence-electron chi connectivity index (χ0n) is 10.7. The zero-order chi connectivity index (χ0) is 13.8. The third kappa shape index (κ3) is 2.78. The van der Waals surface area contributed by atoms with Crippen molar-refractivity contribution in [3.05, 3.63) is 23.8 Å². The first kappa shape index (κ1) is 13.2. The number of nitrogens with zero attached hydrogens (tertiary/aromatic N) is 2. The van der Waals surface area contributed by atoms with E-state index in [9.17, 15) is 9.90 Å². The number of phenolic OH excluding ortho intramolecular Hbond substituents is 1. The second-order valence-corrected chi connectivity index (χ2v) is 4.34. The van der Waals surface area contributed by atoms with Gasteiger partial charge in [-0.1, -0.05) is 5.16 Å². The van der Waals surface area contributed by atoms with Crippen molar-refractivity contribution in [2.75, 3.05) is 20.2 Å². The molecule has 2 rings (SSSR count). The minimum absolute atomic E-state index is 0.0917. The summed E-state index contributed by atoms with van der Waals surface area (Å²) in [5.74, 6) is 0.186. The molecule has 6 nitrogen and oxygen atoms in total. The highest BCUT2D eigenvalue weighted by atomic mass is 16.5. The number of carbonyl (C=O) groups excluding carboxylic acids is 1. The molecule has 0 spiro atoms. The zero-order valence-corrected chi connectivity index (χ0v) is 10.7. The summed E-state index contributed by atoms with van der Waals surface area (Å²) in [5.41, 5.74) is 0.952. The number of hydrogen-bond donors (Lipinski definition) is 2. The Bertz CT molecular complexity index is 503. The molecule has 2 N–H and O–H groups in total. The highest BCUT2D eigenvalue weighted by molar-refractivity contribution is 5.98. The Balaban J connectivity index is 2.12. The summed E-state index contributed by atoms with van der Waals surface area (Å²) in [6, 6.07) is 4.60. The van der Waals surface area contributed by atoms with Crippen LogP contribution in [0.25, 0.3) is 0 Å². The highest BCUT2D eigenvalue weighted by Crippen LogP contribution is 2.25. The van der Waals surface area contributed by atoms with Gasteiger partial charge in [-0.3, -0.25) is 4.79 Å². The van der Waals surface area contributed by atoms with E-state index in [4.69, 9.17) is 9.94 Å². The van der Waals surface area contributed by atoms with Crippen LogP contribution < -0.4 is 4.74 Å². The number of ether oxygens (including phenoxy) is 1. The number of amides is 1. The fourth-order valence-corrected chi connectivity index (χ4v) is 2.06. The predicted octanol–water partition coefficient (Wildman–Crippen LogP) is 1.47. The molecule has 0 atom stereocenters. The number of carbonyl (C=O) groups is 1. The number of aromatic hydroxyl groups is 1. The van der Waals surface area contributed by atoms with Gasteiger partial charge in [-0.2, -0.15) is 0 Å². The number of rotatable bonds is 2. The Hall–Kier alpha value is -2.24. The fourth-order valence-electron chi connectivity index (χ4n) is 2.06. The number of likely N-dealkylation sites (tertiary alicyclic amines) is 1. The maximum atomic E-state index is 12.2. The lowest BCUT2D eigenvalue weighted by Gasteiger charge is -2.27. The van der Waals surface area contributed by atoms with Crippen LogP contribution in [0.15, 0.2) is 23.4 Å². The van der Waals surface area contributed by atoms with Crippen LogP contribution in [0.1, 0.15) is 23.2 Å². The average Bonchev–Trinajstić information content (AvgIpc) is 2.46. The number of benzene rings is 1.